The summed E-state index contributed by atoms with van der Waals surface area (Å²) in [5, 5.41) is 8.04. The van der Waals surface area contributed by atoms with Crippen molar-refractivity contribution in [3.8, 4) is 5.75 Å². The van der Waals surface area contributed by atoms with E-state index in [9.17, 15) is 0 Å². The zero-order valence-corrected chi connectivity index (χ0v) is 14.0. The molecular formula is C18H27N3O. The third-order valence-electron chi connectivity index (χ3n) is 3.55. The molecule has 0 aliphatic rings. The molecular weight excluding hydrogens is 274 g/mol. The summed E-state index contributed by atoms with van der Waals surface area (Å²) < 4.78 is 7.65. The summed E-state index contributed by atoms with van der Waals surface area (Å²) >= 11 is 0. The molecule has 0 bridgehead atoms. The minimum absolute atomic E-state index is 0.240. The molecule has 0 radical (unpaired) electrons. The second-order valence-electron chi connectivity index (χ2n) is 6.05. The summed E-state index contributed by atoms with van der Waals surface area (Å²) in [6.45, 7) is 11.0. The van der Waals surface area contributed by atoms with E-state index in [1.807, 2.05) is 23.0 Å². The Hall–Kier alpha value is -1.81. The molecule has 0 aliphatic carbocycles. The number of ether oxygens (including phenoxy) is 1. The standard InChI is InChI=1S/C18H27N3O/c1-5-21-11-10-18(20-21)15(4)19-12-16-6-8-17(9-7-16)22-13-14(2)3/h6-11,14-15,19H,5,12-13H2,1-4H3. The van der Waals surface area contributed by atoms with Crippen LogP contribution in [0, 0.1) is 5.92 Å². The number of hydrogen-bond donors (Lipinski definition) is 1. The Bertz CT molecular complexity index is 560. The Labute approximate surface area is 133 Å². The lowest BCUT2D eigenvalue weighted by molar-refractivity contribution is 0.271. The van der Waals surface area contributed by atoms with Crippen LogP contribution >= 0.6 is 0 Å². The number of hydrogen-bond acceptors (Lipinski definition) is 3. The maximum Gasteiger partial charge on any atom is 0.119 e. The van der Waals surface area contributed by atoms with Crippen molar-refractivity contribution in [2.75, 3.05) is 6.61 Å². The average Bonchev–Trinajstić information content (AvgIpc) is 3.00. The van der Waals surface area contributed by atoms with Crippen molar-refractivity contribution in [1.29, 1.82) is 0 Å². The molecule has 22 heavy (non-hydrogen) atoms. The molecule has 2 rings (SSSR count). The van der Waals surface area contributed by atoms with Crippen LogP contribution in [-0.4, -0.2) is 16.4 Å². The maximum atomic E-state index is 5.70. The lowest BCUT2D eigenvalue weighted by Gasteiger charge is -2.12. The van der Waals surface area contributed by atoms with Gasteiger partial charge < -0.3 is 10.1 Å². The van der Waals surface area contributed by atoms with Crippen LogP contribution in [0.4, 0.5) is 0 Å². The Morgan fingerprint density at radius 3 is 2.45 bits per heavy atom. The lowest BCUT2D eigenvalue weighted by atomic mass is 10.2. The highest BCUT2D eigenvalue weighted by Gasteiger charge is 2.08. The van der Waals surface area contributed by atoms with Gasteiger partial charge in [-0.3, -0.25) is 4.68 Å². The summed E-state index contributed by atoms with van der Waals surface area (Å²) in [5.41, 5.74) is 2.33. The molecule has 0 saturated carbocycles. The van der Waals surface area contributed by atoms with Gasteiger partial charge in [-0.25, -0.2) is 0 Å². The predicted octanol–water partition coefficient (Wildman–Crippen LogP) is 3.79. The molecule has 120 valence electrons. The van der Waals surface area contributed by atoms with E-state index < -0.39 is 0 Å². The quantitative estimate of drug-likeness (QED) is 0.806. The lowest BCUT2D eigenvalue weighted by Crippen LogP contribution is -2.18. The van der Waals surface area contributed by atoms with Crippen molar-refractivity contribution >= 4 is 0 Å². The van der Waals surface area contributed by atoms with Gasteiger partial charge in [0.25, 0.3) is 0 Å². The summed E-state index contributed by atoms with van der Waals surface area (Å²) in [7, 11) is 0. The monoisotopic (exact) mass is 301 g/mol. The van der Waals surface area contributed by atoms with Crippen molar-refractivity contribution in [1.82, 2.24) is 15.1 Å². The summed E-state index contributed by atoms with van der Waals surface area (Å²) in [4.78, 5) is 0. The molecule has 0 spiro atoms. The first-order chi connectivity index (χ1) is 10.6. The van der Waals surface area contributed by atoms with E-state index in [-0.39, 0.29) is 6.04 Å². The van der Waals surface area contributed by atoms with Crippen molar-refractivity contribution in [2.24, 2.45) is 5.92 Å². The van der Waals surface area contributed by atoms with E-state index >= 15 is 0 Å². The van der Waals surface area contributed by atoms with Crippen LogP contribution in [0.25, 0.3) is 0 Å². The molecule has 2 aromatic rings. The summed E-state index contributed by atoms with van der Waals surface area (Å²) in [6.07, 6.45) is 2.02. The average molecular weight is 301 g/mol. The molecule has 1 heterocycles. The van der Waals surface area contributed by atoms with Gasteiger partial charge in [0.05, 0.1) is 12.3 Å². The number of aromatic nitrogens is 2. The number of rotatable bonds is 8. The first kappa shape index (κ1) is 16.6. The third kappa shape index (κ3) is 4.88. The van der Waals surface area contributed by atoms with E-state index in [0.717, 1.165) is 31.1 Å². The topological polar surface area (TPSA) is 39.1 Å². The van der Waals surface area contributed by atoms with Crippen LogP contribution in [0.15, 0.2) is 36.5 Å². The molecule has 0 fully saturated rings. The second-order valence-corrected chi connectivity index (χ2v) is 6.05. The van der Waals surface area contributed by atoms with Crippen molar-refractivity contribution < 1.29 is 4.74 Å². The zero-order chi connectivity index (χ0) is 15.9. The van der Waals surface area contributed by atoms with Gasteiger partial charge in [-0.15, -0.1) is 0 Å². The number of nitrogens with one attached hydrogen (secondary N) is 1. The summed E-state index contributed by atoms with van der Waals surface area (Å²) in [6, 6.07) is 10.6. The smallest absolute Gasteiger partial charge is 0.119 e. The molecule has 1 aromatic carbocycles. The van der Waals surface area contributed by atoms with Crippen LogP contribution in [0.2, 0.25) is 0 Å². The van der Waals surface area contributed by atoms with Crippen LogP contribution in [0.5, 0.6) is 5.75 Å². The second kappa shape index (κ2) is 7.99. The zero-order valence-electron chi connectivity index (χ0n) is 14.0. The van der Waals surface area contributed by atoms with Crippen molar-refractivity contribution in [2.45, 2.75) is 46.8 Å². The Morgan fingerprint density at radius 1 is 1.14 bits per heavy atom. The van der Waals surface area contributed by atoms with Gasteiger partial charge in [0.1, 0.15) is 5.75 Å². The van der Waals surface area contributed by atoms with E-state index in [2.05, 4.69) is 56.3 Å². The predicted molar refractivity (Wildman–Crippen MR) is 89.9 cm³/mol. The molecule has 4 nitrogen and oxygen atoms in total. The van der Waals surface area contributed by atoms with E-state index in [1.54, 1.807) is 0 Å². The molecule has 1 N–H and O–H groups in total. The molecule has 1 unspecified atom stereocenters. The fourth-order valence-corrected chi connectivity index (χ4v) is 2.13. The van der Waals surface area contributed by atoms with Crippen LogP contribution in [0.3, 0.4) is 0 Å². The van der Waals surface area contributed by atoms with Crippen LogP contribution in [-0.2, 0) is 13.1 Å². The Balaban J connectivity index is 1.83. The first-order valence-corrected chi connectivity index (χ1v) is 8.07. The number of nitrogens with zero attached hydrogens (tertiary/aromatic N) is 2. The fraction of sp³-hybridized carbons (Fsp3) is 0.500. The van der Waals surface area contributed by atoms with Gasteiger partial charge in [-0.1, -0.05) is 26.0 Å². The SMILES string of the molecule is CCn1ccc(C(C)NCc2ccc(OCC(C)C)cc2)n1. The molecule has 1 atom stereocenters. The van der Waals surface area contributed by atoms with Crippen LogP contribution in [0.1, 0.15) is 45.0 Å². The molecule has 0 aliphatic heterocycles. The minimum atomic E-state index is 0.240. The third-order valence-corrected chi connectivity index (χ3v) is 3.55. The highest BCUT2D eigenvalue weighted by Crippen LogP contribution is 2.15. The van der Waals surface area contributed by atoms with E-state index in [1.165, 1.54) is 5.56 Å². The Kier molecular flexibility index (Phi) is 6.01. The van der Waals surface area contributed by atoms with Gasteiger partial charge in [0, 0.05) is 25.3 Å². The minimum Gasteiger partial charge on any atom is -0.493 e. The normalized spacial score (nSPS) is 12.6. The molecule has 1 aromatic heterocycles. The van der Waals surface area contributed by atoms with Gasteiger partial charge in [-0.2, -0.15) is 5.10 Å². The largest absolute Gasteiger partial charge is 0.493 e. The number of benzene rings is 1. The van der Waals surface area contributed by atoms with Crippen molar-refractivity contribution in [3.63, 3.8) is 0 Å². The molecule has 0 saturated heterocycles. The summed E-state index contributed by atoms with van der Waals surface area (Å²) in [5.74, 6) is 1.48. The van der Waals surface area contributed by atoms with Gasteiger partial charge in [0.15, 0.2) is 0 Å². The van der Waals surface area contributed by atoms with E-state index in [0.29, 0.717) is 5.92 Å². The van der Waals surface area contributed by atoms with Crippen LogP contribution < -0.4 is 10.1 Å². The number of aryl methyl sites for hydroxylation is 1. The Morgan fingerprint density at radius 2 is 1.86 bits per heavy atom. The van der Waals surface area contributed by atoms with Gasteiger partial charge in [-0.05, 0) is 43.5 Å². The van der Waals surface area contributed by atoms with Crippen molar-refractivity contribution in [3.05, 3.63) is 47.8 Å². The highest BCUT2D eigenvalue weighted by molar-refractivity contribution is 5.27. The molecule has 0 amide bonds. The maximum absolute atomic E-state index is 5.70. The van der Waals surface area contributed by atoms with E-state index in [4.69, 9.17) is 4.74 Å². The highest BCUT2D eigenvalue weighted by atomic mass is 16.5. The van der Waals surface area contributed by atoms with Gasteiger partial charge >= 0.3 is 0 Å². The first-order valence-electron chi connectivity index (χ1n) is 8.07. The fourth-order valence-electron chi connectivity index (χ4n) is 2.13. The molecule has 4 heteroatoms. The van der Waals surface area contributed by atoms with Gasteiger partial charge in [0.2, 0.25) is 0 Å².